The Morgan fingerprint density at radius 2 is 2.20 bits per heavy atom. The van der Waals surface area contributed by atoms with Crippen LogP contribution in [-0.2, 0) is 9.53 Å². The first-order chi connectivity index (χ1) is 6.97. The summed E-state index contributed by atoms with van der Waals surface area (Å²) < 4.78 is 9.17. The number of amides is 1. The largest absolute Gasteiger partial charge is 0.467 e. The molecule has 82 valence electrons. The molecule has 0 aliphatic heterocycles. The first-order valence-corrected chi connectivity index (χ1v) is 4.29. The fourth-order valence-electron chi connectivity index (χ4n) is 0.985. The molecule has 0 aliphatic rings. The van der Waals surface area contributed by atoms with Crippen LogP contribution in [0.5, 0.6) is 0 Å². The van der Waals surface area contributed by atoms with E-state index in [1.807, 2.05) is 0 Å². The van der Waals surface area contributed by atoms with Crippen LogP contribution in [-0.4, -0.2) is 29.7 Å². The number of methoxy groups -OCH3 is 1. The Morgan fingerprint density at radius 3 is 2.67 bits per heavy atom. The summed E-state index contributed by atoms with van der Waals surface area (Å²) in [7, 11) is 1.25. The Balaban J connectivity index is 2.70. The summed E-state index contributed by atoms with van der Waals surface area (Å²) in [6.45, 7) is 3.07. The lowest BCUT2D eigenvalue weighted by Crippen LogP contribution is -2.50. The molecular formula is C9H12N2O4. The SMILES string of the molecule is COC(=O)C(C)(C)NC(=O)c1ccno1. The summed E-state index contributed by atoms with van der Waals surface area (Å²) in [6.07, 6.45) is 1.35. The highest BCUT2D eigenvalue weighted by Crippen LogP contribution is 2.07. The summed E-state index contributed by atoms with van der Waals surface area (Å²) >= 11 is 0. The zero-order chi connectivity index (χ0) is 11.5. The summed E-state index contributed by atoms with van der Waals surface area (Å²) in [5.41, 5.74) is -1.10. The molecule has 1 aromatic heterocycles. The van der Waals surface area contributed by atoms with Gasteiger partial charge in [0.15, 0.2) is 0 Å². The van der Waals surface area contributed by atoms with E-state index in [2.05, 4.69) is 19.7 Å². The summed E-state index contributed by atoms with van der Waals surface area (Å²) in [4.78, 5) is 22.7. The van der Waals surface area contributed by atoms with Crippen LogP contribution in [0, 0.1) is 0 Å². The number of carbonyl (C=O) groups excluding carboxylic acids is 2. The number of esters is 1. The van der Waals surface area contributed by atoms with Crippen molar-refractivity contribution in [1.82, 2.24) is 10.5 Å². The van der Waals surface area contributed by atoms with Gasteiger partial charge in [0.25, 0.3) is 5.91 Å². The van der Waals surface area contributed by atoms with Crippen LogP contribution in [0.15, 0.2) is 16.8 Å². The summed E-state index contributed by atoms with van der Waals surface area (Å²) in [5, 5.41) is 5.85. The van der Waals surface area contributed by atoms with Crippen LogP contribution < -0.4 is 5.32 Å². The summed E-state index contributed by atoms with van der Waals surface area (Å²) in [6, 6.07) is 1.41. The van der Waals surface area contributed by atoms with E-state index in [4.69, 9.17) is 0 Å². The van der Waals surface area contributed by atoms with Gasteiger partial charge in [-0.15, -0.1) is 0 Å². The fourth-order valence-corrected chi connectivity index (χ4v) is 0.985. The van der Waals surface area contributed by atoms with Crippen molar-refractivity contribution < 1.29 is 18.8 Å². The van der Waals surface area contributed by atoms with E-state index in [9.17, 15) is 9.59 Å². The second-order valence-corrected chi connectivity index (χ2v) is 3.45. The lowest BCUT2D eigenvalue weighted by atomic mass is 10.1. The molecule has 0 radical (unpaired) electrons. The minimum Gasteiger partial charge on any atom is -0.467 e. The molecule has 0 atom stereocenters. The zero-order valence-corrected chi connectivity index (χ0v) is 8.73. The highest BCUT2D eigenvalue weighted by molar-refractivity contribution is 5.95. The number of ether oxygens (including phenoxy) is 1. The van der Waals surface area contributed by atoms with Gasteiger partial charge in [0.2, 0.25) is 5.76 Å². The normalized spacial score (nSPS) is 10.9. The van der Waals surface area contributed by atoms with Gasteiger partial charge in [0, 0.05) is 6.07 Å². The lowest BCUT2D eigenvalue weighted by molar-refractivity contribution is -0.146. The van der Waals surface area contributed by atoms with E-state index in [0.717, 1.165) is 0 Å². The number of carbonyl (C=O) groups is 2. The van der Waals surface area contributed by atoms with E-state index in [1.54, 1.807) is 0 Å². The molecule has 6 nitrogen and oxygen atoms in total. The first-order valence-electron chi connectivity index (χ1n) is 4.29. The van der Waals surface area contributed by atoms with Gasteiger partial charge >= 0.3 is 5.97 Å². The molecule has 0 aromatic carbocycles. The molecule has 0 bridgehead atoms. The minimum absolute atomic E-state index is 0.0481. The van der Waals surface area contributed by atoms with Crippen molar-refractivity contribution in [2.24, 2.45) is 0 Å². The molecule has 1 heterocycles. The quantitative estimate of drug-likeness (QED) is 0.731. The van der Waals surface area contributed by atoms with E-state index in [-0.39, 0.29) is 5.76 Å². The van der Waals surface area contributed by atoms with Gasteiger partial charge in [-0.2, -0.15) is 0 Å². The van der Waals surface area contributed by atoms with Gasteiger partial charge in [-0.25, -0.2) is 4.79 Å². The Labute approximate surface area is 86.6 Å². The third-order valence-electron chi connectivity index (χ3n) is 1.78. The Hall–Kier alpha value is -1.85. The molecule has 0 fully saturated rings. The molecule has 1 amide bonds. The van der Waals surface area contributed by atoms with Crippen molar-refractivity contribution in [3.63, 3.8) is 0 Å². The van der Waals surface area contributed by atoms with Crippen molar-refractivity contribution in [3.05, 3.63) is 18.0 Å². The van der Waals surface area contributed by atoms with Gasteiger partial charge in [-0.3, -0.25) is 4.79 Å². The maximum Gasteiger partial charge on any atom is 0.330 e. The molecule has 6 heteroatoms. The predicted octanol–water partition coefficient (Wildman–Crippen LogP) is 0.356. The van der Waals surface area contributed by atoms with Gasteiger partial charge in [-0.05, 0) is 13.8 Å². The average Bonchev–Trinajstić information content (AvgIpc) is 2.68. The Kier molecular flexibility index (Phi) is 3.08. The van der Waals surface area contributed by atoms with Crippen molar-refractivity contribution in [3.8, 4) is 0 Å². The van der Waals surface area contributed by atoms with Crippen LogP contribution in [0.25, 0.3) is 0 Å². The number of hydrogen-bond donors (Lipinski definition) is 1. The topological polar surface area (TPSA) is 81.4 Å². The predicted molar refractivity (Wildman–Crippen MR) is 50.1 cm³/mol. The molecule has 0 unspecified atom stereocenters. The van der Waals surface area contributed by atoms with E-state index < -0.39 is 17.4 Å². The van der Waals surface area contributed by atoms with Gasteiger partial charge in [-0.1, -0.05) is 5.16 Å². The lowest BCUT2D eigenvalue weighted by Gasteiger charge is -2.22. The van der Waals surface area contributed by atoms with Crippen LogP contribution >= 0.6 is 0 Å². The monoisotopic (exact) mass is 212 g/mol. The average molecular weight is 212 g/mol. The third kappa shape index (κ3) is 2.55. The number of aromatic nitrogens is 1. The fraction of sp³-hybridized carbons (Fsp3) is 0.444. The van der Waals surface area contributed by atoms with Crippen molar-refractivity contribution in [2.75, 3.05) is 7.11 Å². The molecule has 1 aromatic rings. The molecule has 0 spiro atoms. The number of nitrogens with zero attached hydrogens (tertiary/aromatic N) is 1. The van der Waals surface area contributed by atoms with Crippen LogP contribution in [0.1, 0.15) is 24.4 Å². The van der Waals surface area contributed by atoms with Crippen molar-refractivity contribution >= 4 is 11.9 Å². The molecule has 1 N–H and O–H groups in total. The molecule has 0 saturated heterocycles. The molecular weight excluding hydrogens is 200 g/mol. The van der Waals surface area contributed by atoms with Gasteiger partial charge in [0.1, 0.15) is 5.54 Å². The minimum atomic E-state index is -1.10. The van der Waals surface area contributed by atoms with Gasteiger partial charge < -0.3 is 14.6 Å². The highest BCUT2D eigenvalue weighted by Gasteiger charge is 2.31. The van der Waals surface area contributed by atoms with Crippen LogP contribution in [0.4, 0.5) is 0 Å². The third-order valence-corrected chi connectivity index (χ3v) is 1.78. The number of hydrogen-bond acceptors (Lipinski definition) is 5. The molecule has 15 heavy (non-hydrogen) atoms. The second-order valence-electron chi connectivity index (χ2n) is 3.45. The smallest absolute Gasteiger partial charge is 0.330 e. The molecule has 1 rings (SSSR count). The van der Waals surface area contributed by atoms with E-state index >= 15 is 0 Å². The molecule has 0 saturated carbocycles. The van der Waals surface area contributed by atoms with E-state index in [1.165, 1.54) is 33.2 Å². The van der Waals surface area contributed by atoms with Crippen molar-refractivity contribution in [1.29, 1.82) is 0 Å². The summed E-state index contributed by atoms with van der Waals surface area (Å²) in [5.74, 6) is -0.995. The maximum atomic E-state index is 11.5. The number of rotatable bonds is 3. The van der Waals surface area contributed by atoms with E-state index in [0.29, 0.717) is 0 Å². The Morgan fingerprint density at radius 1 is 1.53 bits per heavy atom. The van der Waals surface area contributed by atoms with Gasteiger partial charge in [0.05, 0.1) is 13.3 Å². The second kappa shape index (κ2) is 4.12. The standard InChI is InChI=1S/C9H12N2O4/c1-9(2,8(13)14-3)11-7(12)6-4-5-10-15-6/h4-5H,1-3H3,(H,11,12). The maximum absolute atomic E-state index is 11.5. The number of nitrogens with one attached hydrogen (secondary N) is 1. The first kappa shape index (κ1) is 11.2. The van der Waals surface area contributed by atoms with Crippen LogP contribution in [0.3, 0.4) is 0 Å². The molecule has 0 aliphatic carbocycles. The van der Waals surface area contributed by atoms with Crippen molar-refractivity contribution in [2.45, 2.75) is 19.4 Å². The van der Waals surface area contributed by atoms with Crippen LogP contribution in [0.2, 0.25) is 0 Å². The zero-order valence-electron chi connectivity index (χ0n) is 8.73. The highest BCUT2D eigenvalue weighted by atomic mass is 16.5. The Bertz CT molecular complexity index is 356.